The molecule has 0 spiro atoms. The second-order valence-electron chi connectivity index (χ2n) is 5.17. The van der Waals surface area contributed by atoms with Crippen molar-refractivity contribution in [2.24, 2.45) is 0 Å². The number of carbonyl (C=O) groups is 1. The van der Waals surface area contributed by atoms with Gasteiger partial charge in [0.25, 0.3) is 5.91 Å². The van der Waals surface area contributed by atoms with Crippen molar-refractivity contribution < 1.29 is 22.7 Å². The number of nitrogens with one attached hydrogen (secondary N) is 1. The summed E-state index contributed by atoms with van der Waals surface area (Å²) in [4.78, 5) is 11.8. The maximum atomic E-state index is 12.6. The molecule has 7 heteroatoms. The Kier molecular flexibility index (Phi) is 5.72. The smallest absolute Gasteiger partial charge is 0.416 e. The molecule has 1 N–H and O–H groups in total. The molecule has 0 radical (unpaired) electrons. The molecule has 1 amide bonds. The average molecular weight is 358 g/mol. The van der Waals surface area contributed by atoms with Gasteiger partial charge in [0.1, 0.15) is 5.75 Å². The molecule has 0 aliphatic carbocycles. The van der Waals surface area contributed by atoms with Crippen LogP contribution in [-0.4, -0.2) is 12.5 Å². The summed E-state index contributed by atoms with van der Waals surface area (Å²) >= 11 is 5.83. The van der Waals surface area contributed by atoms with Gasteiger partial charge in [-0.05, 0) is 48.4 Å². The van der Waals surface area contributed by atoms with Gasteiger partial charge in [-0.2, -0.15) is 13.2 Å². The fraction of sp³-hybridized carbons (Fsp3) is 0.235. The zero-order valence-electron chi connectivity index (χ0n) is 12.8. The fourth-order valence-electron chi connectivity index (χ4n) is 2.03. The molecule has 0 aliphatic heterocycles. The zero-order chi connectivity index (χ0) is 17.7. The Morgan fingerprint density at radius 2 is 1.96 bits per heavy atom. The van der Waals surface area contributed by atoms with Crippen LogP contribution in [0.4, 0.5) is 13.2 Å². The van der Waals surface area contributed by atoms with E-state index >= 15 is 0 Å². The van der Waals surface area contributed by atoms with E-state index in [1.165, 1.54) is 12.1 Å². The molecule has 0 saturated heterocycles. The first-order valence-electron chi connectivity index (χ1n) is 7.07. The van der Waals surface area contributed by atoms with E-state index in [0.717, 1.165) is 17.7 Å². The van der Waals surface area contributed by atoms with Gasteiger partial charge in [-0.3, -0.25) is 4.79 Å². The number of alkyl halides is 3. The van der Waals surface area contributed by atoms with Crippen molar-refractivity contribution in [3.8, 4) is 5.75 Å². The summed E-state index contributed by atoms with van der Waals surface area (Å²) in [5.41, 5.74) is 0.399. The zero-order valence-corrected chi connectivity index (χ0v) is 13.5. The fourth-order valence-corrected chi connectivity index (χ4v) is 2.25. The van der Waals surface area contributed by atoms with Gasteiger partial charge in [0.2, 0.25) is 0 Å². The van der Waals surface area contributed by atoms with Crippen LogP contribution in [-0.2, 0) is 17.5 Å². The number of hydrogen-bond acceptors (Lipinski definition) is 2. The van der Waals surface area contributed by atoms with Crippen LogP contribution in [0.3, 0.4) is 0 Å². The van der Waals surface area contributed by atoms with Gasteiger partial charge in [-0.15, -0.1) is 0 Å². The van der Waals surface area contributed by atoms with Crippen molar-refractivity contribution in [1.29, 1.82) is 0 Å². The molecular weight excluding hydrogens is 343 g/mol. The van der Waals surface area contributed by atoms with Crippen LogP contribution in [0.1, 0.15) is 16.7 Å². The first-order valence-corrected chi connectivity index (χ1v) is 7.45. The lowest BCUT2D eigenvalue weighted by Gasteiger charge is -2.11. The first kappa shape index (κ1) is 18.1. The third-order valence-electron chi connectivity index (χ3n) is 3.24. The van der Waals surface area contributed by atoms with Crippen LogP contribution < -0.4 is 10.1 Å². The van der Waals surface area contributed by atoms with Crippen LogP contribution in [0.5, 0.6) is 5.75 Å². The van der Waals surface area contributed by atoms with Gasteiger partial charge in [-0.1, -0.05) is 23.7 Å². The number of aryl methyl sites for hydroxylation is 1. The number of hydrogen-bond donors (Lipinski definition) is 1. The minimum absolute atomic E-state index is 0.00822. The predicted molar refractivity (Wildman–Crippen MR) is 85.0 cm³/mol. The summed E-state index contributed by atoms with van der Waals surface area (Å²) in [6.45, 7) is 1.55. The van der Waals surface area contributed by atoms with Crippen molar-refractivity contribution in [2.45, 2.75) is 19.6 Å². The highest BCUT2D eigenvalue weighted by Crippen LogP contribution is 2.29. The van der Waals surface area contributed by atoms with Crippen molar-refractivity contribution in [2.75, 3.05) is 6.61 Å². The maximum Gasteiger partial charge on any atom is 0.416 e. The van der Waals surface area contributed by atoms with E-state index in [1.54, 1.807) is 25.1 Å². The highest BCUT2D eigenvalue weighted by Gasteiger charge is 2.30. The molecule has 0 fully saturated rings. The summed E-state index contributed by atoms with van der Waals surface area (Å²) in [5.74, 6) is 0.0929. The van der Waals surface area contributed by atoms with E-state index in [2.05, 4.69) is 5.32 Å². The standard InChI is InChI=1S/C17H15ClF3NO2/c1-11-7-14(18)5-6-15(11)24-10-16(23)22-9-12-3-2-4-13(8-12)17(19,20)21/h2-8H,9-10H2,1H3,(H,22,23). The largest absolute Gasteiger partial charge is 0.484 e. The minimum Gasteiger partial charge on any atom is -0.484 e. The molecule has 24 heavy (non-hydrogen) atoms. The topological polar surface area (TPSA) is 38.3 Å². The Balaban J connectivity index is 1.87. The lowest BCUT2D eigenvalue weighted by molar-refractivity contribution is -0.137. The van der Waals surface area contributed by atoms with Crippen LogP contribution >= 0.6 is 11.6 Å². The maximum absolute atomic E-state index is 12.6. The van der Waals surface area contributed by atoms with E-state index in [9.17, 15) is 18.0 Å². The number of rotatable bonds is 5. The SMILES string of the molecule is Cc1cc(Cl)ccc1OCC(=O)NCc1cccc(C(F)(F)F)c1. The molecule has 0 heterocycles. The quantitative estimate of drug-likeness (QED) is 0.863. The Hall–Kier alpha value is -2.21. The van der Waals surface area contributed by atoms with Crippen LogP contribution in [0.15, 0.2) is 42.5 Å². The molecule has 3 nitrogen and oxygen atoms in total. The molecule has 2 aromatic rings. The molecule has 0 atom stereocenters. The number of carbonyl (C=O) groups excluding carboxylic acids is 1. The molecular formula is C17H15ClF3NO2. The minimum atomic E-state index is -4.41. The average Bonchev–Trinajstić information content (AvgIpc) is 2.51. The highest BCUT2D eigenvalue weighted by molar-refractivity contribution is 6.30. The molecule has 0 aliphatic rings. The molecule has 2 rings (SSSR count). The number of ether oxygens (including phenoxy) is 1. The van der Waals surface area contributed by atoms with Crippen LogP contribution in [0.2, 0.25) is 5.02 Å². The van der Waals surface area contributed by atoms with Gasteiger partial charge in [0, 0.05) is 11.6 Å². The Labute approximate surface area is 142 Å². The van der Waals surface area contributed by atoms with E-state index in [1.807, 2.05) is 0 Å². The molecule has 0 aromatic heterocycles. The van der Waals surface area contributed by atoms with E-state index in [-0.39, 0.29) is 13.2 Å². The molecule has 0 bridgehead atoms. The van der Waals surface area contributed by atoms with E-state index in [4.69, 9.17) is 16.3 Å². The van der Waals surface area contributed by atoms with E-state index < -0.39 is 17.6 Å². The summed E-state index contributed by atoms with van der Waals surface area (Å²) in [6.07, 6.45) is -4.41. The highest BCUT2D eigenvalue weighted by atomic mass is 35.5. The van der Waals surface area contributed by atoms with E-state index in [0.29, 0.717) is 16.3 Å². The van der Waals surface area contributed by atoms with Gasteiger partial charge in [-0.25, -0.2) is 0 Å². The molecule has 0 saturated carbocycles. The molecule has 128 valence electrons. The van der Waals surface area contributed by atoms with Gasteiger partial charge >= 0.3 is 6.18 Å². The van der Waals surface area contributed by atoms with Crippen molar-refractivity contribution in [3.63, 3.8) is 0 Å². The second-order valence-corrected chi connectivity index (χ2v) is 5.61. The van der Waals surface area contributed by atoms with Gasteiger partial charge in [0.15, 0.2) is 6.61 Å². The summed E-state index contributed by atoms with van der Waals surface area (Å²) in [6, 6.07) is 9.80. The number of halogens is 4. The summed E-state index contributed by atoms with van der Waals surface area (Å²) in [7, 11) is 0. The summed E-state index contributed by atoms with van der Waals surface area (Å²) in [5, 5.41) is 3.09. The number of benzene rings is 2. The number of amides is 1. The monoisotopic (exact) mass is 357 g/mol. The van der Waals surface area contributed by atoms with Crippen molar-refractivity contribution in [3.05, 3.63) is 64.2 Å². The summed E-state index contributed by atoms with van der Waals surface area (Å²) < 4.78 is 43.2. The first-order chi connectivity index (χ1) is 11.3. The normalized spacial score (nSPS) is 11.2. The van der Waals surface area contributed by atoms with Crippen LogP contribution in [0, 0.1) is 6.92 Å². The third kappa shape index (κ3) is 5.16. The predicted octanol–water partition coefficient (Wildman–Crippen LogP) is 4.36. The van der Waals surface area contributed by atoms with Gasteiger partial charge < -0.3 is 10.1 Å². The lowest BCUT2D eigenvalue weighted by atomic mass is 10.1. The Morgan fingerprint density at radius 3 is 2.62 bits per heavy atom. The third-order valence-corrected chi connectivity index (χ3v) is 3.47. The molecule has 2 aromatic carbocycles. The Morgan fingerprint density at radius 1 is 1.21 bits per heavy atom. The lowest BCUT2D eigenvalue weighted by Crippen LogP contribution is -2.28. The Bertz CT molecular complexity index is 732. The molecule has 0 unspecified atom stereocenters. The van der Waals surface area contributed by atoms with Crippen molar-refractivity contribution >= 4 is 17.5 Å². The second kappa shape index (κ2) is 7.57. The van der Waals surface area contributed by atoms with Crippen LogP contribution in [0.25, 0.3) is 0 Å². The van der Waals surface area contributed by atoms with Crippen molar-refractivity contribution in [1.82, 2.24) is 5.32 Å². The van der Waals surface area contributed by atoms with Gasteiger partial charge in [0.05, 0.1) is 5.56 Å².